The maximum Gasteiger partial charge on any atom is 0.134 e. The standard InChI is InChI=1S/C17H18ClNO2/c1-3-19-14-8-6-12(18)9-13(14)16-15(19)7-5-11(10-20)17(16)21-4-2/h5-9,20H,3-4,10H2,1-2H3. The lowest BCUT2D eigenvalue weighted by Gasteiger charge is -2.11. The Bertz CT molecular complexity index is 808. The number of aliphatic hydroxyl groups is 1. The molecular formula is C17H18ClNO2. The van der Waals surface area contributed by atoms with E-state index in [-0.39, 0.29) is 6.61 Å². The molecule has 2 aromatic carbocycles. The summed E-state index contributed by atoms with van der Waals surface area (Å²) in [6.45, 7) is 5.46. The van der Waals surface area contributed by atoms with Crippen molar-refractivity contribution < 1.29 is 9.84 Å². The summed E-state index contributed by atoms with van der Waals surface area (Å²) in [7, 11) is 0. The Morgan fingerprint density at radius 3 is 2.57 bits per heavy atom. The van der Waals surface area contributed by atoms with Crippen molar-refractivity contribution in [2.45, 2.75) is 27.0 Å². The summed E-state index contributed by atoms with van der Waals surface area (Å²) in [5, 5.41) is 12.4. The highest BCUT2D eigenvalue weighted by atomic mass is 35.5. The number of fused-ring (bicyclic) bond motifs is 3. The topological polar surface area (TPSA) is 34.4 Å². The van der Waals surface area contributed by atoms with Crippen molar-refractivity contribution in [1.82, 2.24) is 4.57 Å². The van der Waals surface area contributed by atoms with Gasteiger partial charge in [0, 0.05) is 28.0 Å². The van der Waals surface area contributed by atoms with E-state index in [9.17, 15) is 5.11 Å². The normalized spacial score (nSPS) is 11.4. The summed E-state index contributed by atoms with van der Waals surface area (Å²) < 4.78 is 8.07. The van der Waals surface area contributed by atoms with Crippen LogP contribution in [-0.2, 0) is 13.2 Å². The van der Waals surface area contributed by atoms with Crippen LogP contribution in [0.25, 0.3) is 21.8 Å². The fourth-order valence-electron chi connectivity index (χ4n) is 2.95. The highest BCUT2D eigenvalue weighted by Crippen LogP contribution is 2.39. The highest BCUT2D eigenvalue weighted by Gasteiger charge is 2.17. The predicted octanol–water partition coefficient (Wildman–Crippen LogP) is 4.36. The average Bonchev–Trinajstić information content (AvgIpc) is 2.81. The first-order chi connectivity index (χ1) is 10.2. The van der Waals surface area contributed by atoms with Crippen LogP contribution in [0, 0.1) is 0 Å². The van der Waals surface area contributed by atoms with Gasteiger partial charge in [0.25, 0.3) is 0 Å². The Hall–Kier alpha value is -1.71. The third-order valence-corrected chi connectivity index (χ3v) is 4.04. The number of rotatable bonds is 4. The minimum absolute atomic E-state index is 0.0371. The molecule has 0 aliphatic carbocycles. The smallest absolute Gasteiger partial charge is 0.134 e. The number of hydrogen-bond donors (Lipinski definition) is 1. The van der Waals surface area contributed by atoms with Crippen LogP contribution in [0.3, 0.4) is 0 Å². The van der Waals surface area contributed by atoms with Crippen LogP contribution < -0.4 is 4.74 Å². The van der Waals surface area contributed by atoms with Crippen LogP contribution in [-0.4, -0.2) is 16.3 Å². The molecule has 110 valence electrons. The molecule has 1 heterocycles. The molecule has 0 aliphatic rings. The monoisotopic (exact) mass is 303 g/mol. The average molecular weight is 304 g/mol. The second-order valence-corrected chi connectivity index (χ2v) is 5.38. The molecule has 1 aromatic heterocycles. The maximum atomic E-state index is 9.58. The van der Waals surface area contributed by atoms with E-state index in [0.29, 0.717) is 11.6 Å². The molecule has 3 rings (SSSR count). The summed E-state index contributed by atoms with van der Waals surface area (Å²) >= 11 is 6.18. The molecule has 0 bridgehead atoms. The molecule has 1 N–H and O–H groups in total. The number of aryl methyl sites for hydroxylation is 1. The molecule has 0 unspecified atom stereocenters. The Morgan fingerprint density at radius 2 is 1.90 bits per heavy atom. The fraction of sp³-hybridized carbons (Fsp3) is 0.294. The summed E-state index contributed by atoms with van der Waals surface area (Å²) in [5.41, 5.74) is 3.04. The minimum Gasteiger partial charge on any atom is -0.493 e. The Morgan fingerprint density at radius 1 is 1.14 bits per heavy atom. The second kappa shape index (κ2) is 5.58. The SMILES string of the molecule is CCOc1c(CO)ccc2c1c1cc(Cl)ccc1n2CC. The van der Waals surface area contributed by atoms with Gasteiger partial charge < -0.3 is 14.4 Å². The highest BCUT2D eigenvalue weighted by molar-refractivity contribution is 6.32. The Kier molecular flexibility index (Phi) is 3.79. The van der Waals surface area contributed by atoms with Gasteiger partial charge in [0.15, 0.2) is 0 Å². The lowest BCUT2D eigenvalue weighted by molar-refractivity contribution is 0.268. The van der Waals surface area contributed by atoms with Crippen LogP contribution in [0.4, 0.5) is 0 Å². The lowest BCUT2D eigenvalue weighted by Crippen LogP contribution is -1.98. The summed E-state index contributed by atoms with van der Waals surface area (Å²) in [6.07, 6.45) is 0. The van der Waals surface area contributed by atoms with Gasteiger partial charge in [0.1, 0.15) is 5.75 Å². The first-order valence-electron chi connectivity index (χ1n) is 7.18. The van der Waals surface area contributed by atoms with Gasteiger partial charge >= 0.3 is 0 Å². The molecule has 0 aliphatic heterocycles. The van der Waals surface area contributed by atoms with E-state index < -0.39 is 0 Å². The molecule has 21 heavy (non-hydrogen) atoms. The summed E-state index contributed by atoms with van der Waals surface area (Å²) in [4.78, 5) is 0. The zero-order valence-corrected chi connectivity index (χ0v) is 12.9. The van der Waals surface area contributed by atoms with E-state index in [0.717, 1.165) is 39.7 Å². The van der Waals surface area contributed by atoms with Crippen LogP contribution in [0.1, 0.15) is 19.4 Å². The van der Waals surface area contributed by atoms with E-state index in [4.69, 9.17) is 16.3 Å². The number of ether oxygens (including phenoxy) is 1. The van der Waals surface area contributed by atoms with Gasteiger partial charge in [-0.2, -0.15) is 0 Å². The van der Waals surface area contributed by atoms with E-state index in [1.54, 1.807) is 0 Å². The number of halogens is 1. The number of aliphatic hydroxyl groups excluding tert-OH is 1. The molecule has 0 atom stereocenters. The Labute approximate surface area is 128 Å². The van der Waals surface area contributed by atoms with E-state index in [1.807, 2.05) is 37.3 Å². The van der Waals surface area contributed by atoms with Crippen molar-refractivity contribution >= 4 is 33.4 Å². The van der Waals surface area contributed by atoms with Gasteiger partial charge in [0.2, 0.25) is 0 Å². The third kappa shape index (κ3) is 2.17. The van der Waals surface area contributed by atoms with Crippen molar-refractivity contribution in [3.63, 3.8) is 0 Å². The molecule has 3 aromatic rings. The summed E-state index contributed by atoms with van der Waals surface area (Å²) in [6, 6.07) is 9.88. The zero-order chi connectivity index (χ0) is 15.0. The third-order valence-electron chi connectivity index (χ3n) is 3.80. The van der Waals surface area contributed by atoms with E-state index in [2.05, 4.69) is 11.5 Å². The molecule has 0 saturated carbocycles. The van der Waals surface area contributed by atoms with E-state index in [1.165, 1.54) is 0 Å². The summed E-state index contributed by atoms with van der Waals surface area (Å²) in [5.74, 6) is 0.761. The van der Waals surface area contributed by atoms with Gasteiger partial charge in [-0.05, 0) is 38.1 Å². The molecule has 0 amide bonds. The van der Waals surface area contributed by atoms with Crippen LogP contribution >= 0.6 is 11.6 Å². The molecule has 0 saturated heterocycles. The van der Waals surface area contributed by atoms with Crippen LogP contribution in [0.5, 0.6) is 5.75 Å². The molecule has 0 spiro atoms. The zero-order valence-electron chi connectivity index (χ0n) is 12.2. The van der Waals surface area contributed by atoms with Gasteiger partial charge in [-0.1, -0.05) is 17.7 Å². The molecule has 4 heteroatoms. The van der Waals surface area contributed by atoms with E-state index >= 15 is 0 Å². The minimum atomic E-state index is -0.0371. The first kappa shape index (κ1) is 14.2. The quantitative estimate of drug-likeness (QED) is 0.777. The van der Waals surface area contributed by atoms with Crippen LogP contribution in [0.15, 0.2) is 30.3 Å². The van der Waals surface area contributed by atoms with Gasteiger partial charge in [-0.15, -0.1) is 0 Å². The van der Waals surface area contributed by atoms with Gasteiger partial charge in [-0.25, -0.2) is 0 Å². The number of nitrogens with zero attached hydrogens (tertiary/aromatic N) is 1. The van der Waals surface area contributed by atoms with Gasteiger partial charge in [0.05, 0.1) is 24.1 Å². The van der Waals surface area contributed by atoms with Gasteiger partial charge in [-0.3, -0.25) is 0 Å². The number of hydrogen-bond acceptors (Lipinski definition) is 2. The number of aromatic nitrogens is 1. The van der Waals surface area contributed by atoms with Crippen molar-refractivity contribution in [1.29, 1.82) is 0 Å². The molecule has 0 radical (unpaired) electrons. The fourth-order valence-corrected chi connectivity index (χ4v) is 3.12. The first-order valence-corrected chi connectivity index (χ1v) is 7.56. The van der Waals surface area contributed by atoms with Crippen molar-refractivity contribution in [2.24, 2.45) is 0 Å². The second-order valence-electron chi connectivity index (χ2n) is 4.94. The van der Waals surface area contributed by atoms with Crippen molar-refractivity contribution in [3.8, 4) is 5.75 Å². The van der Waals surface area contributed by atoms with Crippen molar-refractivity contribution in [2.75, 3.05) is 6.61 Å². The molecule has 3 nitrogen and oxygen atoms in total. The maximum absolute atomic E-state index is 9.58. The predicted molar refractivity (Wildman–Crippen MR) is 87.2 cm³/mol. The molecular weight excluding hydrogens is 286 g/mol. The van der Waals surface area contributed by atoms with Crippen molar-refractivity contribution in [3.05, 3.63) is 40.9 Å². The lowest BCUT2D eigenvalue weighted by atomic mass is 10.1. The van der Waals surface area contributed by atoms with Crippen LogP contribution in [0.2, 0.25) is 5.02 Å². The molecule has 0 fully saturated rings. The number of benzene rings is 2. The largest absolute Gasteiger partial charge is 0.493 e. The Balaban J connectivity index is 2.51.